The smallest absolute Gasteiger partial charge is 0.338 e. The number of carbonyl (C=O) groups excluding carboxylic acids is 1. The van der Waals surface area contributed by atoms with Crippen LogP contribution in [0.4, 0.5) is 0 Å². The molecule has 0 unspecified atom stereocenters. The second kappa shape index (κ2) is 13.5. The lowest BCUT2D eigenvalue weighted by atomic mass is 9.93. The van der Waals surface area contributed by atoms with E-state index in [9.17, 15) is 9.59 Å². The van der Waals surface area contributed by atoms with E-state index in [1.807, 2.05) is 109 Å². The minimum absolute atomic E-state index is 0.195. The second-order valence-corrected chi connectivity index (χ2v) is 12.1. The van der Waals surface area contributed by atoms with Crippen LogP contribution in [0.1, 0.15) is 35.2 Å². The molecule has 1 aromatic heterocycles. The molecule has 0 amide bonds. The van der Waals surface area contributed by atoms with Crippen LogP contribution in [-0.2, 0) is 16.1 Å². The lowest BCUT2D eigenvalue weighted by Crippen LogP contribution is -2.39. The zero-order valence-corrected chi connectivity index (χ0v) is 27.0. The number of halogens is 1. The SMILES string of the molecule is CCOC(=O)C1=C(c2ccccc2)N=c2s/c(=C\c3ccc(OCc4ccc(Br)cc4)c(OC)c3)c(=O)n2[C@@H]1c1ccccc1. The molecule has 0 radical (unpaired) electrons. The molecule has 0 spiro atoms. The molecule has 0 bridgehead atoms. The lowest BCUT2D eigenvalue weighted by Gasteiger charge is -2.25. The zero-order valence-electron chi connectivity index (χ0n) is 24.6. The molecule has 1 atom stereocenters. The van der Waals surface area contributed by atoms with Gasteiger partial charge in [-0.3, -0.25) is 9.36 Å². The highest BCUT2D eigenvalue weighted by molar-refractivity contribution is 9.10. The third-order valence-corrected chi connectivity index (χ3v) is 8.79. The molecule has 45 heavy (non-hydrogen) atoms. The number of hydrogen-bond acceptors (Lipinski definition) is 7. The van der Waals surface area contributed by atoms with Crippen molar-refractivity contribution in [3.63, 3.8) is 0 Å². The minimum Gasteiger partial charge on any atom is -0.493 e. The van der Waals surface area contributed by atoms with Crippen molar-refractivity contribution < 1.29 is 19.0 Å². The average molecular weight is 682 g/mol. The van der Waals surface area contributed by atoms with Crippen LogP contribution >= 0.6 is 27.3 Å². The van der Waals surface area contributed by atoms with Gasteiger partial charge < -0.3 is 14.2 Å². The molecular weight excluding hydrogens is 652 g/mol. The first kappa shape index (κ1) is 30.3. The summed E-state index contributed by atoms with van der Waals surface area (Å²) in [4.78, 5) is 33.1. The number of fused-ring (bicyclic) bond motifs is 1. The van der Waals surface area contributed by atoms with E-state index < -0.39 is 12.0 Å². The van der Waals surface area contributed by atoms with Crippen LogP contribution in [0.15, 0.2) is 123 Å². The number of nitrogens with zero attached hydrogens (tertiary/aromatic N) is 2. The maximum absolute atomic E-state index is 14.1. The average Bonchev–Trinajstić information content (AvgIpc) is 3.38. The Labute approximate surface area is 272 Å². The topological polar surface area (TPSA) is 79.1 Å². The molecule has 0 fully saturated rings. The number of aromatic nitrogens is 1. The van der Waals surface area contributed by atoms with Crippen molar-refractivity contribution in [3.8, 4) is 11.5 Å². The van der Waals surface area contributed by atoms with Gasteiger partial charge in [0.1, 0.15) is 6.61 Å². The normalized spacial score (nSPS) is 14.5. The summed E-state index contributed by atoms with van der Waals surface area (Å²) < 4.78 is 20.3. The molecule has 9 heteroatoms. The Kier molecular flexibility index (Phi) is 9.09. The van der Waals surface area contributed by atoms with Gasteiger partial charge >= 0.3 is 5.97 Å². The van der Waals surface area contributed by atoms with Crippen molar-refractivity contribution in [1.82, 2.24) is 4.57 Å². The summed E-state index contributed by atoms with van der Waals surface area (Å²) >= 11 is 4.72. The Morgan fingerprint density at radius 2 is 1.67 bits per heavy atom. The summed E-state index contributed by atoms with van der Waals surface area (Å²) in [6.07, 6.45) is 1.81. The highest BCUT2D eigenvalue weighted by Gasteiger charge is 2.35. The summed E-state index contributed by atoms with van der Waals surface area (Å²) in [5.41, 5.74) is 3.89. The van der Waals surface area contributed by atoms with E-state index in [2.05, 4.69) is 15.9 Å². The van der Waals surface area contributed by atoms with Gasteiger partial charge in [-0.25, -0.2) is 9.79 Å². The fraction of sp³-hybridized carbons (Fsp3) is 0.139. The summed E-state index contributed by atoms with van der Waals surface area (Å²) in [5.74, 6) is 0.633. The first-order chi connectivity index (χ1) is 22.0. The molecule has 7 nitrogen and oxygen atoms in total. The highest BCUT2D eigenvalue weighted by Crippen LogP contribution is 2.35. The Morgan fingerprint density at radius 3 is 2.36 bits per heavy atom. The first-order valence-electron chi connectivity index (χ1n) is 14.4. The Bertz CT molecular complexity index is 2050. The van der Waals surface area contributed by atoms with Gasteiger partial charge in [0.25, 0.3) is 5.56 Å². The highest BCUT2D eigenvalue weighted by atomic mass is 79.9. The van der Waals surface area contributed by atoms with Crippen LogP contribution in [0.3, 0.4) is 0 Å². The van der Waals surface area contributed by atoms with Crippen molar-refractivity contribution in [1.29, 1.82) is 0 Å². The monoisotopic (exact) mass is 680 g/mol. The van der Waals surface area contributed by atoms with E-state index in [-0.39, 0.29) is 12.2 Å². The van der Waals surface area contributed by atoms with E-state index in [0.717, 1.165) is 26.7 Å². The van der Waals surface area contributed by atoms with Gasteiger partial charge in [-0.1, -0.05) is 106 Å². The van der Waals surface area contributed by atoms with Gasteiger partial charge in [0.15, 0.2) is 16.3 Å². The van der Waals surface area contributed by atoms with E-state index in [1.165, 1.54) is 11.3 Å². The third-order valence-electron chi connectivity index (χ3n) is 7.28. The number of thiazole rings is 1. The molecule has 6 rings (SSSR count). The molecule has 5 aromatic rings. The molecule has 2 heterocycles. The second-order valence-electron chi connectivity index (χ2n) is 10.2. The van der Waals surface area contributed by atoms with E-state index in [0.29, 0.717) is 38.7 Å². The summed E-state index contributed by atoms with van der Waals surface area (Å²) in [7, 11) is 1.58. The van der Waals surface area contributed by atoms with Gasteiger partial charge in [0.05, 0.1) is 35.6 Å². The van der Waals surface area contributed by atoms with Crippen molar-refractivity contribution in [2.75, 3.05) is 13.7 Å². The van der Waals surface area contributed by atoms with Gasteiger partial charge in [-0.2, -0.15) is 0 Å². The van der Waals surface area contributed by atoms with Gasteiger partial charge in [0, 0.05) is 10.0 Å². The predicted molar refractivity (Wildman–Crippen MR) is 179 cm³/mol. The Hall–Kier alpha value is -4.73. The predicted octanol–water partition coefficient (Wildman–Crippen LogP) is 6.29. The Morgan fingerprint density at radius 1 is 0.956 bits per heavy atom. The van der Waals surface area contributed by atoms with E-state index in [1.54, 1.807) is 18.6 Å². The van der Waals surface area contributed by atoms with Crippen molar-refractivity contribution in [3.05, 3.63) is 155 Å². The largest absolute Gasteiger partial charge is 0.493 e. The molecular formula is C36H29BrN2O5S. The lowest BCUT2D eigenvalue weighted by molar-refractivity contribution is -0.138. The fourth-order valence-corrected chi connectivity index (χ4v) is 6.44. The van der Waals surface area contributed by atoms with Crippen LogP contribution in [0.25, 0.3) is 11.8 Å². The number of rotatable bonds is 9. The van der Waals surface area contributed by atoms with Crippen LogP contribution < -0.4 is 24.4 Å². The van der Waals surface area contributed by atoms with E-state index in [4.69, 9.17) is 19.2 Å². The van der Waals surface area contributed by atoms with Crippen LogP contribution in [0.5, 0.6) is 11.5 Å². The van der Waals surface area contributed by atoms with Crippen molar-refractivity contribution >= 4 is 45.0 Å². The molecule has 1 aliphatic rings. The Balaban J connectivity index is 1.45. The molecule has 0 aliphatic carbocycles. The molecule has 0 saturated heterocycles. The van der Waals surface area contributed by atoms with Crippen molar-refractivity contribution in [2.24, 2.45) is 4.99 Å². The summed E-state index contributed by atoms with van der Waals surface area (Å²) in [5, 5.41) is 0. The minimum atomic E-state index is -0.720. The van der Waals surface area contributed by atoms with Gasteiger partial charge in [-0.15, -0.1) is 0 Å². The number of carbonyl (C=O) groups is 1. The van der Waals surface area contributed by atoms with Gasteiger partial charge in [-0.05, 0) is 54.0 Å². The quantitative estimate of drug-likeness (QED) is 0.171. The molecule has 4 aromatic carbocycles. The van der Waals surface area contributed by atoms with Crippen molar-refractivity contribution in [2.45, 2.75) is 19.6 Å². The maximum Gasteiger partial charge on any atom is 0.338 e. The number of esters is 1. The first-order valence-corrected chi connectivity index (χ1v) is 16.0. The number of hydrogen-bond donors (Lipinski definition) is 0. The summed E-state index contributed by atoms with van der Waals surface area (Å²) in [6, 6.07) is 31.8. The molecule has 226 valence electrons. The van der Waals surface area contributed by atoms with Crippen LogP contribution in [0, 0.1) is 0 Å². The molecule has 0 saturated carbocycles. The zero-order chi connectivity index (χ0) is 31.3. The maximum atomic E-state index is 14.1. The van der Waals surface area contributed by atoms with Gasteiger partial charge in [0.2, 0.25) is 0 Å². The van der Waals surface area contributed by atoms with Crippen LogP contribution in [0.2, 0.25) is 0 Å². The standard InChI is InChI=1S/C36H29BrN2O5S/c1-3-43-35(41)31-32(25-10-6-4-7-11-25)38-36-39(33(31)26-12-8-5-9-13-26)34(40)30(45-36)21-24-16-19-28(29(20-24)42-2)44-22-23-14-17-27(37)18-15-23/h4-21,33H,3,22H2,1-2H3/b30-21-/t33-/m1/s1. The van der Waals surface area contributed by atoms with E-state index >= 15 is 0 Å². The summed E-state index contributed by atoms with van der Waals surface area (Å²) in [6.45, 7) is 2.34. The number of methoxy groups -OCH3 is 1. The fourth-order valence-electron chi connectivity index (χ4n) is 5.18. The molecule has 0 N–H and O–H groups in total. The number of benzene rings is 4. The molecule has 1 aliphatic heterocycles. The third kappa shape index (κ3) is 6.41. The number of ether oxygens (including phenoxy) is 3. The van der Waals surface area contributed by atoms with Crippen LogP contribution in [-0.4, -0.2) is 24.3 Å².